The summed E-state index contributed by atoms with van der Waals surface area (Å²) in [5.74, 6) is 1.95. The molecule has 1 aliphatic rings. The number of aromatic nitrogens is 6. The lowest BCUT2D eigenvalue weighted by atomic mass is 10.2. The number of nitrogens with one attached hydrogen (secondary N) is 1. The molecule has 1 amide bonds. The molecule has 0 fully saturated rings. The van der Waals surface area contributed by atoms with Gasteiger partial charge in [0.15, 0.2) is 0 Å². The summed E-state index contributed by atoms with van der Waals surface area (Å²) in [6, 6.07) is 9.31. The van der Waals surface area contributed by atoms with Crippen molar-refractivity contribution in [2.75, 3.05) is 12.4 Å². The van der Waals surface area contributed by atoms with Gasteiger partial charge in [-0.2, -0.15) is 0 Å². The lowest BCUT2D eigenvalue weighted by molar-refractivity contribution is -0.122. The Morgan fingerprint density at radius 2 is 2.00 bits per heavy atom. The molecule has 0 radical (unpaired) electrons. The van der Waals surface area contributed by atoms with Gasteiger partial charge in [0, 0.05) is 0 Å². The van der Waals surface area contributed by atoms with Crippen molar-refractivity contribution in [3.8, 4) is 5.69 Å². The number of rotatable bonds is 3. The number of nitrogens with zero attached hydrogens (tertiary/aromatic N) is 7. The number of carbonyl (C=O) groups excluding carboxylic acids is 1. The van der Waals surface area contributed by atoms with E-state index >= 15 is 0 Å². The highest BCUT2D eigenvalue weighted by molar-refractivity contribution is 5.93. The van der Waals surface area contributed by atoms with Gasteiger partial charge >= 0.3 is 0 Å². The normalized spacial score (nSPS) is 17.3. The van der Waals surface area contributed by atoms with Crippen LogP contribution in [0.25, 0.3) is 5.69 Å². The SMILES string of the molecule is Cc1nnc2n1CC(C(=O)Nc1nncn1-c1ccccc1)N(C)C2. The van der Waals surface area contributed by atoms with E-state index in [2.05, 4.69) is 25.7 Å². The first kappa shape index (κ1) is 15.5. The number of aryl methyl sites for hydroxylation is 1. The molecule has 25 heavy (non-hydrogen) atoms. The number of benzene rings is 1. The fourth-order valence-electron chi connectivity index (χ4n) is 3.00. The van der Waals surface area contributed by atoms with Crippen molar-refractivity contribution < 1.29 is 4.79 Å². The first-order valence-electron chi connectivity index (χ1n) is 7.98. The first-order valence-corrected chi connectivity index (χ1v) is 7.98. The average molecular weight is 338 g/mol. The van der Waals surface area contributed by atoms with Crippen molar-refractivity contribution in [2.45, 2.75) is 26.1 Å². The van der Waals surface area contributed by atoms with E-state index in [4.69, 9.17) is 0 Å². The third-order valence-electron chi connectivity index (χ3n) is 4.41. The maximum Gasteiger partial charge on any atom is 0.245 e. The standard InChI is InChI=1S/C16H18N8O/c1-11-19-20-14-9-22(2)13(8-23(11)14)15(25)18-16-21-17-10-24(16)12-6-4-3-5-7-12/h3-7,10,13H,8-9H2,1-2H3,(H,18,21,25). The van der Waals surface area contributed by atoms with Gasteiger partial charge in [-0.15, -0.1) is 20.4 Å². The molecule has 9 nitrogen and oxygen atoms in total. The number of anilines is 1. The molecule has 0 bridgehead atoms. The fourth-order valence-corrected chi connectivity index (χ4v) is 3.00. The van der Waals surface area contributed by atoms with Crippen LogP contribution in [0.15, 0.2) is 36.7 Å². The van der Waals surface area contributed by atoms with Crippen molar-refractivity contribution in [1.29, 1.82) is 0 Å². The molecule has 0 saturated carbocycles. The highest BCUT2D eigenvalue weighted by Gasteiger charge is 2.31. The van der Waals surface area contributed by atoms with E-state index in [0.717, 1.165) is 17.3 Å². The van der Waals surface area contributed by atoms with E-state index in [9.17, 15) is 4.79 Å². The van der Waals surface area contributed by atoms with Gasteiger partial charge in [0.1, 0.15) is 24.0 Å². The molecular formula is C16H18N8O. The van der Waals surface area contributed by atoms with Crippen molar-refractivity contribution >= 4 is 11.9 Å². The third-order valence-corrected chi connectivity index (χ3v) is 4.41. The molecule has 3 heterocycles. The molecule has 1 aromatic carbocycles. The number of para-hydroxylation sites is 1. The Bertz CT molecular complexity index is 900. The van der Waals surface area contributed by atoms with E-state index in [0.29, 0.717) is 19.0 Å². The molecule has 4 rings (SSSR count). The monoisotopic (exact) mass is 338 g/mol. The maximum absolute atomic E-state index is 12.8. The summed E-state index contributed by atoms with van der Waals surface area (Å²) in [5, 5.41) is 19.1. The first-order chi connectivity index (χ1) is 12.1. The minimum atomic E-state index is -0.330. The molecular weight excluding hydrogens is 320 g/mol. The van der Waals surface area contributed by atoms with Gasteiger partial charge in [-0.3, -0.25) is 19.6 Å². The van der Waals surface area contributed by atoms with Gasteiger partial charge in [-0.05, 0) is 26.1 Å². The number of hydrogen-bond donors (Lipinski definition) is 1. The Balaban J connectivity index is 1.56. The largest absolute Gasteiger partial charge is 0.312 e. The van der Waals surface area contributed by atoms with Crippen molar-refractivity contribution in [3.63, 3.8) is 0 Å². The summed E-state index contributed by atoms with van der Waals surface area (Å²) in [7, 11) is 1.90. The Morgan fingerprint density at radius 1 is 1.20 bits per heavy atom. The maximum atomic E-state index is 12.8. The second kappa shape index (κ2) is 6.10. The number of amides is 1. The molecule has 0 saturated heterocycles. The zero-order chi connectivity index (χ0) is 17.4. The molecule has 9 heteroatoms. The summed E-state index contributed by atoms with van der Waals surface area (Å²) in [6.07, 6.45) is 1.58. The predicted octanol–water partition coefficient (Wildman–Crippen LogP) is 0.620. The van der Waals surface area contributed by atoms with Crippen LogP contribution in [0.3, 0.4) is 0 Å². The van der Waals surface area contributed by atoms with E-state index in [1.165, 1.54) is 0 Å². The molecule has 2 aromatic heterocycles. The smallest absolute Gasteiger partial charge is 0.245 e. The van der Waals surface area contributed by atoms with Crippen LogP contribution in [0, 0.1) is 6.92 Å². The van der Waals surface area contributed by atoms with Crippen molar-refractivity contribution in [2.24, 2.45) is 0 Å². The Morgan fingerprint density at radius 3 is 2.80 bits per heavy atom. The zero-order valence-corrected chi connectivity index (χ0v) is 14.0. The predicted molar refractivity (Wildman–Crippen MR) is 90.0 cm³/mol. The lowest BCUT2D eigenvalue weighted by Crippen LogP contribution is -2.48. The highest BCUT2D eigenvalue weighted by Crippen LogP contribution is 2.18. The third kappa shape index (κ3) is 2.78. The molecule has 1 N–H and O–H groups in total. The Kier molecular flexibility index (Phi) is 3.77. The van der Waals surface area contributed by atoms with Crippen LogP contribution in [-0.4, -0.2) is 53.4 Å². The summed E-state index contributed by atoms with van der Waals surface area (Å²) < 4.78 is 3.72. The molecule has 1 aliphatic heterocycles. The summed E-state index contributed by atoms with van der Waals surface area (Å²) >= 11 is 0. The Hall–Kier alpha value is -3.07. The van der Waals surface area contributed by atoms with Gasteiger partial charge < -0.3 is 4.57 Å². The topological polar surface area (TPSA) is 93.8 Å². The van der Waals surface area contributed by atoms with E-state index < -0.39 is 0 Å². The summed E-state index contributed by atoms with van der Waals surface area (Å²) in [5.41, 5.74) is 0.886. The summed E-state index contributed by atoms with van der Waals surface area (Å²) in [6.45, 7) is 2.98. The fraction of sp³-hybridized carbons (Fsp3) is 0.312. The van der Waals surface area contributed by atoms with Crippen LogP contribution in [-0.2, 0) is 17.9 Å². The molecule has 0 aliphatic carbocycles. The van der Waals surface area contributed by atoms with E-state index in [-0.39, 0.29) is 11.9 Å². The average Bonchev–Trinajstić information content (AvgIpc) is 3.22. The van der Waals surface area contributed by atoms with E-state index in [1.807, 2.05) is 53.8 Å². The zero-order valence-electron chi connectivity index (χ0n) is 14.0. The molecule has 0 spiro atoms. The second-order valence-corrected chi connectivity index (χ2v) is 6.05. The lowest BCUT2D eigenvalue weighted by Gasteiger charge is -2.31. The van der Waals surface area contributed by atoms with Crippen LogP contribution < -0.4 is 5.32 Å². The van der Waals surface area contributed by atoms with Crippen LogP contribution in [0.4, 0.5) is 5.95 Å². The van der Waals surface area contributed by atoms with Gasteiger partial charge in [0.25, 0.3) is 0 Å². The van der Waals surface area contributed by atoms with Crippen LogP contribution >= 0.6 is 0 Å². The number of hydrogen-bond acceptors (Lipinski definition) is 6. The molecule has 1 unspecified atom stereocenters. The van der Waals surface area contributed by atoms with Gasteiger partial charge in [0.05, 0.1) is 18.8 Å². The van der Waals surface area contributed by atoms with E-state index in [1.54, 1.807) is 10.9 Å². The van der Waals surface area contributed by atoms with Gasteiger partial charge in [-0.1, -0.05) is 18.2 Å². The van der Waals surface area contributed by atoms with Crippen molar-refractivity contribution in [3.05, 3.63) is 48.3 Å². The molecule has 128 valence electrons. The minimum Gasteiger partial charge on any atom is -0.312 e. The summed E-state index contributed by atoms with van der Waals surface area (Å²) in [4.78, 5) is 14.8. The van der Waals surface area contributed by atoms with Crippen LogP contribution in [0.1, 0.15) is 11.6 Å². The number of fused-ring (bicyclic) bond motifs is 1. The Labute approximate surface area is 144 Å². The van der Waals surface area contributed by atoms with Crippen LogP contribution in [0.2, 0.25) is 0 Å². The highest BCUT2D eigenvalue weighted by atomic mass is 16.2. The van der Waals surface area contributed by atoms with Crippen LogP contribution in [0.5, 0.6) is 0 Å². The van der Waals surface area contributed by atoms with Crippen molar-refractivity contribution in [1.82, 2.24) is 34.4 Å². The molecule has 3 aromatic rings. The van der Waals surface area contributed by atoms with Gasteiger partial charge in [0.2, 0.25) is 11.9 Å². The molecule has 1 atom stereocenters. The van der Waals surface area contributed by atoms with Gasteiger partial charge in [-0.25, -0.2) is 0 Å². The quantitative estimate of drug-likeness (QED) is 0.752. The minimum absolute atomic E-state index is 0.133. The second-order valence-electron chi connectivity index (χ2n) is 6.05. The number of likely N-dealkylation sites (N-methyl/N-ethyl adjacent to an activating group) is 1. The number of carbonyl (C=O) groups is 1.